The maximum Gasteiger partial charge on any atom is 0.255 e. The van der Waals surface area contributed by atoms with Gasteiger partial charge in [-0.3, -0.25) is 9.59 Å². The van der Waals surface area contributed by atoms with Gasteiger partial charge in [-0.1, -0.05) is 13.8 Å². The number of carbonyl (C=O) groups is 2. The molecule has 0 atom stereocenters. The van der Waals surface area contributed by atoms with Crippen LogP contribution in [0.5, 0.6) is 5.75 Å². The number of nitrogens with one attached hydrogen (secondary N) is 1. The minimum atomic E-state index is -0.321. The number of hydrogen-bond acceptors (Lipinski definition) is 5. The highest BCUT2D eigenvalue weighted by Gasteiger charge is 2.16. The van der Waals surface area contributed by atoms with Crippen molar-refractivity contribution >= 4 is 28.5 Å². The second kappa shape index (κ2) is 6.16. The largest absolute Gasteiger partial charge is 0.508 e. The molecule has 0 saturated carbocycles. The zero-order valence-corrected chi connectivity index (χ0v) is 13.2. The van der Waals surface area contributed by atoms with Crippen LogP contribution in [-0.2, 0) is 0 Å². The molecule has 0 aliphatic rings. The lowest BCUT2D eigenvalue weighted by Gasteiger charge is -2.04. The van der Waals surface area contributed by atoms with Crippen molar-refractivity contribution in [2.45, 2.75) is 13.8 Å². The second-order valence-corrected chi connectivity index (χ2v) is 5.75. The quantitative estimate of drug-likeness (QED) is 0.715. The highest BCUT2D eigenvalue weighted by Crippen LogP contribution is 2.23. The average molecular weight is 324 g/mol. The van der Waals surface area contributed by atoms with Gasteiger partial charge in [0.15, 0.2) is 5.76 Å². The SMILES string of the molecule is CC(C)C(=O)c1cc2cc(NC(=O)c3ccc(O)cc3)cnc2o1. The van der Waals surface area contributed by atoms with Gasteiger partial charge in [-0.05, 0) is 36.4 Å². The van der Waals surface area contributed by atoms with Gasteiger partial charge in [0, 0.05) is 16.9 Å². The van der Waals surface area contributed by atoms with E-state index in [-0.39, 0.29) is 29.1 Å². The summed E-state index contributed by atoms with van der Waals surface area (Å²) >= 11 is 0. The van der Waals surface area contributed by atoms with Gasteiger partial charge in [0.1, 0.15) is 5.75 Å². The van der Waals surface area contributed by atoms with Crippen LogP contribution in [0.4, 0.5) is 5.69 Å². The predicted octanol–water partition coefficient (Wildman–Crippen LogP) is 3.62. The van der Waals surface area contributed by atoms with Gasteiger partial charge in [-0.2, -0.15) is 0 Å². The van der Waals surface area contributed by atoms with Gasteiger partial charge < -0.3 is 14.8 Å². The number of hydrogen-bond donors (Lipinski definition) is 2. The number of ketones is 1. The Morgan fingerprint density at radius 2 is 1.88 bits per heavy atom. The first-order chi connectivity index (χ1) is 11.4. The lowest BCUT2D eigenvalue weighted by atomic mass is 10.1. The zero-order valence-electron chi connectivity index (χ0n) is 13.2. The molecule has 1 amide bonds. The minimum Gasteiger partial charge on any atom is -0.508 e. The van der Waals surface area contributed by atoms with Crippen molar-refractivity contribution in [2.24, 2.45) is 5.92 Å². The summed E-state index contributed by atoms with van der Waals surface area (Å²) in [5.41, 5.74) is 1.25. The first-order valence-electron chi connectivity index (χ1n) is 7.48. The number of carbonyl (C=O) groups excluding carboxylic acids is 2. The van der Waals surface area contributed by atoms with Crippen LogP contribution in [0, 0.1) is 5.92 Å². The van der Waals surface area contributed by atoms with Crippen molar-refractivity contribution in [3.05, 3.63) is 53.9 Å². The zero-order chi connectivity index (χ0) is 17.3. The molecule has 0 saturated heterocycles. The van der Waals surface area contributed by atoms with Gasteiger partial charge in [0.2, 0.25) is 11.5 Å². The molecule has 6 nitrogen and oxygen atoms in total. The molecule has 1 aromatic carbocycles. The first kappa shape index (κ1) is 15.7. The molecule has 122 valence electrons. The van der Waals surface area contributed by atoms with E-state index in [0.717, 1.165) is 0 Å². The van der Waals surface area contributed by atoms with E-state index in [1.165, 1.54) is 30.5 Å². The van der Waals surface area contributed by atoms with Crippen LogP contribution in [0.2, 0.25) is 0 Å². The number of anilines is 1. The Morgan fingerprint density at radius 3 is 2.54 bits per heavy atom. The molecule has 0 aliphatic heterocycles. The number of amides is 1. The predicted molar refractivity (Wildman–Crippen MR) is 89.2 cm³/mol. The number of nitrogens with zero attached hydrogens (tertiary/aromatic N) is 1. The lowest BCUT2D eigenvalue weighted by Crippen LogP contribution is -2.11. The molecule has 0 fully saturated rings. The molecule has 24 heavy (non-hydrogen) atoms. The van der Waals surface area contributed by atoms with Crippen LogP contribution in [0.25, 0.3) is 11.1 Å². The number of pyridine rings is 1. The number of furan rings is 1. The van der Waals surface area contributed by atoms with Gasteiger partial charge >= 0.3 is 0 Å². The molecule has 6 heteroatoms. The second-order valence-electron chi connectivity index (χ2n) is 5.75. The van der Waals surface area contributed by atoms with Crippen LogP contribution >= 0.6 is 0 Å². The van der Waals surface area contributed by atoms with E-state index in [4.69, 9.17) is 4.42 Å². The maximum absolute atomic E-state index is 12.2. The number of aromatic hydroxyl groups is 1. The van der Waals surface area contributed by atoms with E-state index in [1.807, 2.05) is 0 Å². The molecule has 2 aromatic heterocycles. The fraction of sp³-hybridized carbons (Fsp3) is 0.167. The summed E-state index contributed by atoms with van der Waals surface area (Å²) in [7, 11) is 0. The van der Waals surface area contributed by atoms with E-state index >= 15 is 0 Å². The third kappa shape index (κ3) is 3.12. The number of Topliss-reactive ketones (excluding diaryl/α,β-unsaturated/α-hetero) is 1. The summed E-state index contributed by atoms with van der Waals surface area (Å²) in [6, 6.07) is 9.25. The smallest absolute Gasteiger partial charge is 0.255 e. The van der Waals surface area contributed by atoms with Gasteiger partial charge in [-0.25, -0.2) is 4.98 Å². The fourth-order valence-corrected chi connectivity index (χ4v) is 2.22. The summed E-state index contributed by atoms with van der Waals surface area (Å²) in [6.07, 6.45) is 1.47. The summed E-state index contributed by atoms with van der Waals surface area (Å²) in [4.78, 5) is 28.3. The molecule has 0 bridgehead atoms. The van der Waals surface area contributed by atoms with E-state index in [1.54, 1.807) is 26.0 Å². The van der Waals surface area contributed by atoms with Crippen LogP contribution in [-0.4, -0.2) is 21.8 Å². The number of fused-ring (bicyclic) bond motifs is 1. The number of rotatable bonds is 4. The van der Waals surface area contributed by atoms with E-state index in [0.29, 0.717) is 22.4 Å². The molecular weight excluding hydrogens is 308 g/mol. The van der Waals surface area contributed by atoms with Gasteiger partial charge in [0.25, 0.3) is 5.91 Å². The standard InChI is InChI=1S/C18H16N2O4/c1-10(2)16(22)15-8-12-7-13(9-19-18(12)24-15)20-17(23)11-3-5-14(21)6-4-11/h3-10,21H,1-2H3,(H,20,23). The monoisotopic (exact) mass is 324 g/mol. The number of phenols is 1. The first-order valence-corrected chi connectivity index (χ1v) is 7.48. The Balaban J connectivity index is 1.84. The van der Waals surface area contributed by atoms with Gasteiger partial charge in [0.05, 0.1) is 11.9 Å². The minimum absolute atomic E-state index is 0.0929. The third-order valence-corrected chi connectivity index (χ3v) is 3.53. The third-order valence-electron chi connectivity index (χ3n) is 3.53. The van der Waals surface area contributed by atoms with E-state index in [2.05, 4.69) is 10.3 Å². The van der Waals surface area contributed by atoms with Crippen molar-refractivity contribution in [3.8, 4) is 5.75 Å². The molecule has 3 aromatic rings. The molecular formula is C18H16N2O4. The summed E-state index contributed by atoms with van der Waals surface area (Å²) < 4.78 is 5.45. The molecule has 2 N–H and O–H groups in total. The summed E-state index contributed by atoms with van der Waals surface area (Å²) in [5.74, 6) is -0.232. The molecule has 0 radical (unpaired) electrons. The summed E-state index contributed by atoms with van der Waals surface area (Å²) in [5, 5.41) is 12.6. The topological polar surface area (TPSA) is 92.4 Å². The van der Waals surface area contributed by atoms with Crippen molar-refractivity contribution in [1.82, 2.24) is 4.98 Å². The van der Waals surface area contributed by atoms with Crippen molar-refractivity contribution in [3.63, 3.8) is 0 Å². The van der Waals surface area contributed by atoms with Crippen molar-refractivity contribution < 1.29 is 19.1 Å². The molecule has 0 aliphatic carbocycles. The highest BCUT2D eigenvalue weighted by atomic mass is 16.4. The lowest BCUT2D eigenvalue weighted by molar-refractivity contribution is 0.0913. The van der Waals surface area contributed by atoms with Crippen molar-refractivity contribution in [2.75, 3.05) is 5.32 Å². The number of aromatic nitrogens is 1. The van der Waals surface area contributed by atoms with Crippen LogP contribution in [0.15, 0.2) is 47.0 Å². The van der Waals surface area contributed by atoms with Crippen molar-refractivity contribution in [1.29, 1.82) is 0 Å². The molecule has 3 rings (SSSR count). The number of benzene rings is 1. The van der Waals surface area contributed by atoms with E-state index < -0.39 is 0 Å². The van der Waals surface area contributed by atoms with Gasteiger partial charge in [-0.15, -0.1) is 0 Å². The Morgan fingerprint density at radius 1 is 1.17 bits per heavy atom. The number of phenolic OH excluding ortho intramolecular Hbond substituents is 1. The summed E-state index contributed by atoms with van der Waals surface area (Å²) in [6.45, 7) is 3.60. The normalized spacial score (nSPS) is 11.0. The Kier molecular flexibility index (Phi) is 4.04. The van der Waals surface area contributed by atoms with Crippen LogP contribution in [0.3, 0.4) is 0 Å². The van der Waals surface area contributed by atoms with Crippen LogP contribution in [0.1, 0.15) is 34.8 Å². The fourth-order valence-electron chi connectivity index (χ4n) is 2.22. The van der Waals surface area contributed by atoms with Crippen LogP contribution < -0.4 is 5.32 Å². The maximum atomic E-state index is 12.2. The Hall–Kier alpha value is -3.15. The Bertz CT molecular complexity index is 910. The molecule has 2 heterocycles. The average Bonchev–Trinajstić information content (AvgIpc) is 2.97. The highest BCUT2D eigenvalue weighted by molar-refractivity contribution is 6.05. The molecule has 0 unspecified atom stereocenters. The molecule has 0 spiro atoms. The van der Waals surface area contributed by atoms with E-state index in [9.17, 15) is 14.7 Å². The Labute approximate surface area is 138 Å².